The lowest BCUT2D eigenvalue weighted by Gasteiger charge is -2.37. The number of carbonyl (C=O) groups is 4. The van der Waals surface area contributed by atoms with E-state index in [0.717, 1.165) is 18.2 Å². The van der Waals surface area contributed by atoms with Crippen LogP contribution in [0, 0.1) is 23.2 Å². The Balaban J connectivity index is 2.01. The van der Waals surface area contributed by atoms with E-state index in [1.165, 1.54) is 6.07 Å². The largest absolute Gasteiger partial charge is 0.466 e. The molecule has 0 saturated heterocycles. The van der Waals surface area contributed by atoms with Gasteiger partial charge in [0.2, 0.25) is 5.91 Å². The molecule has 9 nitrogen and oxygen atoms in total. The summed E-state index contributed by atoms with van der Waals surface area (Å²) < 4.78 is 55.4. The number of hydrogen-bond acceptors (Lipinski definition) is 7. The Morgan fingerprint density at radius 2 is 1.68 bits per heavy atom. The number of halogens is 3. The predicted octanol–water partition coefficient (Wildman–Crippen LogP) is 4.31. The maximum absolute atomic E-state index is 13.4. The molecule has 38 heavy (non-hydrogen) atoms. The van der Waals surface area contributed by atoms with E-state index in [1.807, 2.05) is 0 Å². The molecular weight excluding hydrogens is 509 g/mol. The Hall–Kier alpha value is -3.31. The molecule has 210 valence electrons. The Kier molecular flexibility index (Phi) is 7.78. The molecule has 5 atom stereocenters. The molecular formula is C26H33F3N2O7. The minimum atomic E-state index is -4.62. The maximum Gasteiger partial charge on any atom is 0.416 e. The molecule has 2 aliphatic carbocycles. The first-order valence-corrected chi connectivity index (χ1v) is 12.3. The third kappa shape index (κ3) is 5.30. The minimum absolute atomic E-state index is 0.0392. The first-order chi connectivity index (χ1) is 17.5. The third-order valence-corrected chi connectivity index (χ3v) is 7.14. The number of carbonyl (C=O) groups excluding carboxylic acids is 4. The number of amides is 2. The van der Waals surface area contributed by atoms with Crippen LogP contribution in [0.2, 0.25) is 0 Å². The molecule has 2 amide bonds. The van der Waals surface area contributed by atoms with E-state index in [2.05, 4.69) is 10.6 Å². The van der Waals surface area contributed by atoms with Crippen LogP contribution in [0.5, 0.6) is 0 Å². The van der Waals surface area contributed by atoms with E-state index in [0.29, 0.717) is 0 Å². The van der Waals surface area contributed by atoms with Crippen molar-refractivity contribution in [1.29, 1.82) is 0 Å². The first kappa shape index (κ1) is 29.2. The summed E-state index contributed by atoms with van der Waals surface area (Å²) in [6.45, 7) is 9.67. The minimum Gasteiger partial charge on any atom is -0.466 e. The smallest absolute Gasteiger partial charge is 0.416 e. The van der Waals surface area contributed by atoms with Crippen LogP contribution in [0.3, 0.4) is 0 Å². The van der Waals surface area contributed by atoms with Gasteiger partial charge in [-0.1, -0.05) is 13.0 Å². The van der Waals surface area contributed by atoms with E-state index >= 15 is 0 Å². The first-order valence-electron chi connectivity index (χ1n) is 12.3. The summed E-state index contributed by atoms with van der Waals surface area (Å²) in [5.74, 6) is -4.96. The van der Waals surface area contributed by atoms with Crippen molar-refractivity contribution in [2.24, 2.45) is 23.2 Å². The van der Waals surface area contributed by atoms with Gasteiger partial charge in [0.25, 0.3) is 0 Å². The van der Waals surface area contributed by atoms with Crippen LogP contribution in [0.15, 0.2) is 24.3 Å². The molecule has 0 aromatic heterocycles. The number of esters is 2. The Morgan fingerprint density at radius 3 is 2.24 bits per heavy atom. The number of fused-ring (bicyclic) bond motifs is 1. The second kappa shape index (κ2) is 10.1. The number of benzene rings is 1. The molecule has 2 saturated carbocycles. The summed E-state index contributed by atoms with van der Waals surface area (Å²) in [5.41, 5.74) is -5.08. The number of anilines is 1. The van der Waals surface area contributed by atoms with Crippen LogP contribution < -0.4 is 10.6 Å². The predicted molar refractivity (Wildman–Crippen MR) is 129 cm³/mol. The van der Waals surface area contributed by atoms with Crippen molar-refractivity contribution in [1.82, 2.24) is 5.32 Å². The molecule has 2 fully saturated rings. The maximum atomic E-state index is 13.4. The fourth-order valence-corrected chi connectivity index (χ4v) is 5.58. The van der Waals surface area contributed by atoms with Crippen LogP contribution in [0.1, 0.15) is 53.5 Å². The van der Waals surface area contributed by atoms with E-state index in [9.17, 15) is 32.3 Å². The summed E-state index contributed by atoms with van der Waals surface area (Å²) in [5, 5.41) is 5.07. The molecule has 0 radical (unpaired) electrons. The van der Waals surface area contributed by atoms with Crippen molar-refractivity contribution in [2.45, 2.75) is 65.3 Å². The summed E-state index contributed by atoms with van der Waals surface area (Å²) >= 11 is 0. The molecule has 12 heteroatoms. The lowest BCUT2D eigenvalue weighted by atomic mass is 9.79. The average molecular weight is 543 g/mol. The highest BCUT2D eigenvalue weighted by molar-refractivity contribution is 5.99. The van der Waals surface area contributed by atoms with Crippen LogP contribution >= 0.6 is 0 Å². The fraction of sp³-hybridized carbons (Fsp3) is 0.615. The highest BCUT2D eigenvalue weighted by Crippen LogP contribution is 2.75. The zero-order valence-electron chi connectivity index (χ0n) is 22.2. The Morgan fingerprint density at radius 1 is 1.05 bits per heavy atom. The quantitative estimate of drug-likeness (QED) is 0.389. The van der Waals surface area contributed by atoms with Crippen LogP contribution in [0.4, 0.5) is 23.7 Å². The Labute approximate surface area is 218 Å². The van der Waals surface area contributed by atoms with E-state index < -0.39 is 70.0 Å². The number of rotatable bonds is 7. The van der Waals surface area contributed by atoms with Gasteiger partial charge in [0, 0.05) is 17.0 Å². The molecule has 2 N–H and O–H groups in total. The molecule has 0 spiro atoms. The fourth-order valence-electron chi connectivity index (χ4n) is 5.58. The molecule has 0 unspecified atom stereocenters. The molecule has 0 bridgehead atoms. The second-order valence-electron chi connectivity index (χ2n) is 10.7. The van der Waals surface area contributed by atoms with Crippen molar-refractivity contribution in [2.75, 3.05) is 18.5 Å². The summed E-state index contributed by atoms with van der Waals surface area (Å²) in [7, 11) is 0. The highest BCUT2D eigenvalue weighted by atomic mass is 19.4. The zero-order chi connectivity index (χ0) is 28.7. The normalized spacial score (nSPS) is 28.1. The number of hydrogen-bond donors (Lipinski definition) is 2. The van der Waals surface area contributed by atoms with Gasteiger partial charge in [-0.2, -0.15) is 13.2 Å². The molecule has 1 aromatic rings. The summed E-state index contributed by atoms with van der Waals surface area (Å²) in [6.07, 6.45) is -5.82. The van der Waals surface area contributed by atoms with Crippen molar-refractivity contribution in [3.05, 3.63) is 29.8 Å². The van der Waals surface area contributed by atoms with Crippen molar-refractivity contribution >= 4 is 29.6 Å². The molecule has 1 aromatic carbocycles. The second-order valence-corrected chi connectivity index (χ2v) is 10.7. The van der Waals surface area contributed by atoms with Crippen molar-refractivity contribution in [3.8, 4) is 0 Å². The van der Waals surface area contributed by atoms with Gasteiger partial charge in [-0.15, -0.1) is 0 Å². The van der Waals surface area contributed by atoms with Crippen LogP contribution in [-0.2, 0) is 34.8 Å². The standard InChI is InChI=1S/C26H33F3N2O7/c1-7-36-20(33)18-17-16(19(32)30-15-11-9-10-14(12-15)26(27,28)29)13-25(24(17,18)6,21(34)37-8-2)31-22(35)38-23(3,4)5/h9-12,16-18H,7-8,13H2,1-6H3,(H,30,32)(H,31,35)/t16-,17-,18-,24-,25-/m0/s1. The lowest BCUT2D eigenvalue weighted by Crippen LogP contribution is -2.61. The van der Waals surface area contributed by atoms with Gasteiger partial charge in [0.05, 0.1) is 24.7 Å². The number of alkyl carbamates (subject to hydrolysis) is 1. The molecule has 3 rings (SSSR count). The van der Waals surface area contributed by atoms with Gasteiger partial charge in [-0.3, -0.25) is 9.59 Å². The summed E-state index contributed by atoms with van der Waals surface area (Å²) in [4.78, 5) is 52.6. The molecule has 0 heterocycles. The molecule has 0 aliphatic heterocycles. The molecule has 2 aliphatic rings. The van der Waals surface area contributed by atoms with Gasteiger partial charge >= 0.3 is 24.2 Å². The summed E-state index contributed by atoms with van der Waals surface area (Å²) in [6, 6.07) is 4.12. The zero-order valence-corrected chi connectivity index (χ0v) is 22.2. The SMILES string of the molecule is CCOC(=O)[C@@H]1[C@@H]2[C@@H](C(=O)Nc3cccc(C(F)(F)F)c3)C[C@](NC(=O)OC(C)(C)C)(C(=O)OCC)[C@@]21C. The monoisotopic (exact) mass is 542 g/mol. The Bertz CT molecular complexity index is 1120. The van der Waals surface area contributed by atoms with Gasteiger partial charge in [0.1, 0.15) is 11.1 Å². The van der Waals surface area contributed by atoms with Crippen LogP contribution in [0.25, 0.3) is 0 Å². The average Bonchev–Trinajstić information content (AvgIpc) is 3.33. The number of alkyl halides is 3. The van der Waals surface area contributed by atoms with Gasteiger partial charge in [-0.05, 0) is 65.2 Å². The number of ether oxygens (including phenoxy) is 3. The van der Waals surface area contributed by atoms with Crippen LogP contribution in [-0.4, -0.2) is 48.3 Å². The van der Waals surface area contributed by atoms with Crippen molar-refractivity contribution in [3.63, 3.8) is 0 Å². The third-order valence-electron chi connectivity index (χ3n) is 7.14. The van der Waals surface area contributed by atoms with Gasteiger partial charge in [-0.25, -0.2) is 9.59 Å². The van der Waals surface area contributed by atoms with E-state index in [-0.39, 0.29) is 25.3 Å². The topological polar surface area (TPSA) is 120 Å². The van der Waals surface area contributed by atoms with Crippen molar-refractivity contribution < 1.29 is 46.6 Å². The van der Waals surface area contributed by atoms with Gasteiger partial charge in [0.15, 0.2) is 0 Å². The number of nitrogens with one attached hydrogen (secondary N) is 2. The lowest BCUT2D eigenvalue weighted by molar-refractivity contribution is -0.156. The van der Waals surface area contributed by atoms with E-state index in [4.69, 9.17) is 14.2 Å². The highest BCUT2D eigenvalue weighted by Gasteiger charge is 2.85. The van der Waals surface area contributed by atoms with E-state index in [1.54, 1.807) is 41.5 Å². The van der Waals surface area contributed by atoms with Gasteiger partial charge < -0.3 is 24.8 Å².